The number of amides is 2. The van der Waals surface area contributed by atoms with E-state index in [4.69, 9.17) is 4.74 Å². The minimum atomic E-state index is -0.232. The zero-order chi connectivity index (χ0) is 16.1. The highest BCUT2D eigenvalue weighted by Crippen LogP contribution is 2.25. The first-order chi connectivity index (χ1) is 11.2. The molecule has 5 heteroatoms. The molecule has 0 radical (unpaired) electrons. The van der Waals surface area contributed by atoms with E-state index >= 15 is 0 Å². The van der Waals surface area contributed by atoms with Crippen molar-refractivity contribution in [3.63, 3.8) is 0 Å². The van der Waals surface area contributed by atoms with Gasteiger partial charge in [0.05, 0.1) is 6.54 Å². The third-order valence-corrected chi connectivity index (χ3v) is 4.36. The van der Waals surface area contributed by atoms with Crippen molar-refractivity contribution in [3.8, 4) is 5.75 Å². The fourth-order valence-corrected chi connectivity index (χ4v) is 2.94. The van der Waals surface area contributed by atoms with Crippen molar-refractivity contribution in [2.45, 2.75) is 19.3 Å². The molecule has 0 saturated heterocycles. The van der Waals surface area contributed by atoms with Crippen molar-refractivity contribution >= 4 is 27.6 Å². The second-order valence-corrected chi connectivity index (χ2v) is 6.44. The molecule has 1 aliphatic carbocycles. The van der Waals surface area contributed by atoms with E-state index in [-0.39, 0.29) is 6.03 Å². The number of aryl methyl sites for hydroxylation is 2. The lowest BCUT2D eigenvalue weighted by Crippen LogP contribution is -2.32. The number of fused-ring (bicyclic) bond motifs is 1. The molecule has 0 aliphatic heterocycles. The number of hydrogen-bond acceptors (Lipinski definition) is 2. The third kappa shape index (κ3) is 4.48. The quantitative estimate of drug-likeness (QED) is 0.772. The second-order valence-electron chi connectivity index (χ2n) is 5.52. The Kier molecular flexibility index (Phi) is 5.18. The number of rotatable bonds is 5. The molecule has 0 bridgehead atoms. The Morgan fingerprint density at radius 3 is 2.70 bits per heavy atom. The molecule has 0 unspecified atom stereocenters. The summed E-state index contributed by atoms with van der Waals surface area (Å²) in [5.41, 5.74) is 3.58. The molecule has 2 amide bonds. The maximum atomic E-state index is 11.8. The van der Waals surface area contributed by atoms with Gasteiger partial charge in [-0.05, 0) is 66.8 Å². The molecular weight excluding hydrogens is 356 g/mol. The Bertz CT molecular complexity index is 686. The summed E-state index contributed by atoms with van der Waals surface area (Å²) in [6.07, 6.45) is 3.55. The lowest BCUT2D eigenvalue weighted by atomic mass is 10.1. The fraction of sp³-hybridized carbons (Fsp3) is 0.278. The van der Waals surface area contributed by atoms with Gasteiger partial charge in [0.1, 0.15) is 12.4 Å². The predicted octanol–water partition coefficient (Wildman–Crippen LogP) is 4.14. The fourth-order valence-electron chi connectivity index (χ4n) is 2.68. The lowest BCUT2D eigenvalue weighted by Gasteiger charge is -2.10. The Hall–Kier alpha value is -2.01. The summed E-state index contributed by atoms with van der Waals surface area (Å²) >= 11 is 3.36. The summed E-state index contributed by atoms with van der Waals surface area (Å²) in [6.45, 7) is 0.909. The van der Waals surface area contributed by atoms with Crippen molar-refractivity contribution in [1.29, 1.82) is 0 Å². The number of benzene rings is 2. The van der Waals surface area contributed by atoms with Crippen molar-refractivity contribution < 1.29 is 9.53 Å². The highest BCUT2D eigenvalue weighted by molar-refractivity contribution is 9.10. The summed E-state index contributed by atoms with van der Waals surface area (Å²) in [5.74, 6) is 0.876. The van der Waals surface area contributed by atoms with Crippen molar-refractivity contribution in [1.82, 2.24) is 5.32 Å². The van der Waals surface area contributed by atoms with Crippen LogP contribution in [0.15, 0.2) is 46.9 Å². The van der Waals surface area contributed by atoms with Gasteiger partial charge in [0, 0.05) is 10.2 Å². The minimum absolute atomic E-state index is 0.232. The Morgan fingerprint density at radius 1 is 1.09 bits per heavy atom. The van der Waals surface area contributed by atoms with Crippen LogP contribution in [0.1, 0.15) is 17.5 Å². The van der Waals surface area contributed by atoms with Crippen LogP contribution in [0.2, 0.25) is 0 Å². The largest absolute Gasteiger partial charge is 0.492 e. The molecule has 2 N–H and O–H groups in total. The lowest BCUT2D eigenvalue weighted by molar-refractivity contribution is 0.247. The summed E-state index contributed by atoms with van der Waals surface area (Å²) < 4.78 is 6.68. The van der Waals surface area contributed by atoms with Crippen molar-refractivity contribution in [2.75, 3.05) is 18.5 Å². The smallest absolute Gasteiger partial charge is 0.319 e. The molecular formula is C18H19BrN2O2. The molecule has 2 aromatic rings. The van der Waals surface area contributed by atoms with Gasteiger partial charge in [-0.15, -0.1) is 0 Å². The van der Waals surface area contributed by atoms with Crippen LogP contribution in [-0.2, 0) is 12.8 Å². The molecule has 0 spiro atoms. The molecule has 1 aliphatic rings. The normalized spacial score (nSPS) is 12.6. The number of nitrogens with one attached hydrogen (secondary N) is 2. The van der Waals surface area contributed by atoms with E-state index in [0.717, 1.165) is 22.3 Å². The topological polar surface area (TPSA) is 50.4 Å². The molecule has 120 valence electrons. The summed E-state index contributed by atoms with van der Waals surface area (Å²) in [4.78, 5) is 11.8. The average molecular weight is 375 g/mol. The monoisotopic (exact) mass is 374 g/mol. The molecule has 0 fully saturated rings. The molecule has 0 atom stereocenters. The van der Waals surface area contributed by atoms with Gasteiger partial charge in [0.25, 0.3) is 0 Å². The van der Waals surface area contributed by atoms with Gasteiger partial charge in [-0.3, -0.25) is 0 Å². The van der Waals surface area contributed by atoms with E-state index in [1.54, 1.807) is 0 Å². The molecule has 23 heavy (non-hydrogen) atoms. The van der Waals surface area contributed by atoms with Crippen LogP contribution in [0.5, 0.6) is 5.75 Å². The van der Waals surface area contributed by atoms with Gasteiger partial charge < -0.3 is 15.4 Å². The summed E-state index contributed by atoms with van der Waals surface area (Å²) in [7, 11) is 0. The van der Waals surface area contributed by atoms with Crippen LogP contribution in [0.25, 0.3) is 0 Å². The molecule has 3 rings (SSSR count). The van der Waals surface area contributed by atoms with Gasteiger partial charge >= 0.3 is 6.03 Å². The number of ether oxygens (including phenoxy) is 1. The number of urea groups is 1. The number of halogens is 1. The van der Waals surface area contributed by atoms with Crippen molar-refractivity contribution in [2.24, 2.45) is 0 Å². The zero-order valence-electron chi connectivity index (χ0n) is 12.8. The van der Waals surface area contributed by atoms with Gasteiger partial charge in [-0.1, -0.05) is 22.0 Å². The molecule has 0 heterocycles. The summed E-state index contributed by atoms with van der Waals surface area (Å²) in [6, 6.07) is 13.5. The van der Waals surface area contributed by atoms with Crippen LogP contribution in [-0.4, -0.2) is 19.2 Å². The highest BCUT2D eigenvalue weighted by Gasteiger charge is 2.11. The maximum Gasteiger partial charge on any atom is 0.319 e. The average Bonchev–Trinajstić information content (AvgIpc) is 3.01. The Morgan fingerprint density at radius 2 is 1.87 bits per heavy atom. The first-order valence-electron chi connectivity index (χ1n) is 7.76. The number of hydrogen-bond donors (Lipinski definition) is 2. The minimum Gasteiger partial charge on any atom is -0.492 e. The predicted molar refractivity (Wildman–Crippen MR) is 95.1 cm³/mol. The van der Waals surface area contributed by atoms with E-state index in [9.17, 15) is 4.79 Å². The van der Waals surface area contributed by atoms with Crippen LogP contribution >= 0.6 is 15.9 Å². The Labute approximate surface area is 144 Å². The van der Waals surface area contributed by atoms with E-state index in [2.05, 4.69) is 38.7 Å². The van der Waals surface area contributed by atoms with Crippen molar-refractivity contribution in [3.05, 3.63) is 58.1 Å². The molecule has 4 nitrogen and oxygen atoms in total. The van der Waals surface area contributed by atoms with Crippen LogP contribution in [0.3, 0.4) is 0 Å². The first kappa shape index (κ1) is 15.9. The van der Waals surface area contributed by atoms with Crippen LogP contribution in [0.4, 0.5) is 10.5 Å². The first-order valence-corrected chi connectivity index (χ1v) is 8.55. The summed E-state index contributed by atoms with van der Waals surface area (Å²) in [5, 5.41) is 5.56. The highest BCUT2D eigenvalue weighted by atomic mass is 79.9. The third-order valence-electron chi connectivity index (χ3n) is 3.83. The molecule has 0 aromatic heterocycles. The van der Waals surface area contributed by atoms with E-state index in [1.807, 2.05) is 30.3 Å². The SMILES string of the molecule is O=C(NCCOc1ccc2c(c1)CCC2)Nc1ccc(Br)cc1. The molecule has 2 aromatic carbocycles. The zero-order valence-corrected chi connectivity index (χ0v) is 14.4. The van der Waals surface area contributed by atoms with Gasteiger partial charge in [-0.2, -0.15) is 0 Å². The maximum absolute atomic E-state index is 11.8. The van der Waals surface area contributed by atoms with Crippen LogP contribution < -0.4 is 15.4 Å². The number of carbonyl (C=O) groups is 1. The standard InChI is InChI=1S/C18H19BrN2O2/c19-15-5-7-16(8-6-15)21-18(22)20-10-11-23-17-9-4-13-2-1-3-14(13)12-17/h4-9,12H,1-3,10-11H2,(H2,20,21,22). The van der Waals surface area contributed by atoms with Gasteiger partial charge in [0.15, 0.2) is 0 Å². The van der Waals surface area contributed by atoms with E-state index in [0.29, 0.717) is 13.2 Å². The van der Waals surface area contributed by atoms with E-state index in [1.165, 1.54) is 24.0 Å². The van der Waals surface area contributed by atoms with Gasteiger partial charge in [0.2, 0.25) is 0 Å². The van der Waals surface area contributed by atoms with E-state index < -0.39 is 0 Å². The van der Waals surface area contributed by atoms with Gasteiger partial charge in [-0.25, -0.2) is 4.79 Å². The number of carbonyl (C=O) groups excluding carboxylic acids is 1. The number of anilines is 1. The van der Waals surface area contributed by atoms with Crippen LogP contribution in [0, 0.1) is 0 Å². The Balaban J connectivity index is 1.39. The second kappa shape index (κ2) is 7.51. The molecule has 0 saturated carbocycles.